The Morgan fingerprint density at radius 2 is 2.39 bits per heavy atom. The summed E-state index contributed by atoms with van der Waals surface area (Å²) in [5.74, 6) is -0.859. The molecule has 9 nitrogen and oxygen atoms in total. The normalized spacial score (nSPS) is 10.5. The zero-order valence-electron chi connectivity index (χ0n) is 9.23. The molecule has 0 bridgehead atoms. The fraction of sp³-hybridized carbons (Fsp3) is 0.222. The van der Waals surface area contributed by atoms with Crippen LogP contribution in [0.2, 0.25) is 0 Å². The molecule has 0 fully saturated rings. The number of nitro groups is 1. The molecule has 0 spiro atoms. The van der Waals surface area contributed by atoms with E-state index in [1.165, 1.54) is 0 Å². The van der Waals surface area contributed by atoms with Crippen molar-refractivity contribution in [3.8, 4) is 0 Å². The molecule has 94 valence electrons. The topological polar surface area (TPSA) is 124 Å². The van der Waals surface area contributed by atoms with Crippen LogP contribution in [0.15, 0.2) is 16.8 Å². The number of aromatic nitrogens is 3. The Bertz CT molecular complexity index is 583. The molecule has 0 radical (unpaired) electrons. The summed E-state index contributed by atoms with van der Waals surface area (Å²) in [6.07, 6.45) is 1.05. The molecule has 0 unspecified atom stereocenters. The third-order valence-electron chi connectivity index (χ3n) is 2.14. The number of carboxylic acids is 1. The van der Waals surface area contributed by atoms with Crippen LogP contribution in [0, 0.1) is 17.0 Å². The van der Waals surface area contributed by atoms with E-state index in [0.29, 0.717) is 11.5 Å². The van der Waals surface area contributed by atoms with E-state index >= 15 is 0 Å². The number of carboxylic acid groups (broad SMARTS) is 1. The quantitative estimate of drug-likeness (QED) is 0.631. The van der Waals surface area contributed by atoms with Gasteiger partial charge in [0.25, 0.3) is 0 Å². The molecule has 0 saturated carbocycles. The van der Waals surface area contributed by atoms with Gasteiger partial charge in [-0.3, -0.25) is 14.8 Å². The second-order valence-electron chi connectivity index (χ2n) is 3.55. The van der Waals surface area contributed by atoms with Crippen LogP contribution in [0.1, 0.15) is 21.9 Å². The average Bonchev–Trinajstić information content (AvgIpc) is 2.85. The van der Waals surface area contributed by atoms with Gasteiger partial charge in [0.1, 0.15) is 17.7 Å². The van der Waals surface area contributed by atoms with E-state index in [9.17, 15) is 14.9 Å². The van der Waals surface area contributed by atoms with Crippen molar-refractivity contribution in [1.82, 2.24) is 14.9 Å². The predicted octanol–water partition coefficient (Wildman–Crippen LogP) is 0.834. The molecule has 0 atom stereocenters. The number of rotatable bonds is 4. The summed E-state index contributed by atoms with van der Waals surface area (Å²) in [5.41, 5.74) is -0.648. The first-order chi connectivity index (χ1) is 8.47. The zero-order chi connectivity index (χ0) is 13.3. The summed E-state index contributed by atoms with van der Waals surface area (Å²) in [6, 6.07) is 1.63. The van der Waals surface area contributed by atoms with Crippen LogP contribution in [-0.4, -0.2) is 30.9 Å². The summed E-state index contributed by atoms with van der Waals surface area (Å²) in [4.78, 5) is 20.6. The molecule has 0 saturated heterocycles. The van der Waals surface area contributed by atoms with Crippen LogP contribution in [0.25, 0.3) is 0 Å². The highest BCUT2D eigenvalue weighted by Crippen LogP contribution is 2.17. The van der Waals surface area contributed by atoms with Gasteiger partial charge in [0, 0.05) is 6.07 Å². The SMILES string of the molecule is Cc1cc(Cn2cc([N+](=O)[O-])c(C(=O)O)n2)no1. The minimum absolute atomic E-state index is 0.103. The minimum Gasteiger partial charge on any atom is -0.476 e. The average molecular weight is 252 g/mol. The molecule has 0 aliphatic carbocycles. The fourth-order valence-corrected chi connectivity index (χ4v) is 1.44. The molecule has 18 heavy (non-hydrogen) atoms. The molecule has 0 aliphatic heterocycles. The maximum atomic E-state index is 10.8. The summed E-state index contributed by atoms with van der Waals surface area (Å²) >= 11 is 0. The van der Waals surface area contributed by atoms with Crippen molar-refractivity contribution in [1.29, 1.82) is 0 Å². The van der Waals surface area contributed by atoms with Crippen LogP contribution < -0.4 is 0 Å². The minimum atomic E-state index is -1.45. The highest BCUT2D eigenvalue weighted by atomic mass is 16.6. The summed E-state index contributed by atoms with van der Waals surface area (Å²) in [6.45, 7) is 1.80. The van der Waals surface area contributed by atoms with Crippen LogP contribution in [-0.2, 0) is 6.54 Å². The monoisotopic (exact) mass is 252 g/mol. The van der Waals surface area contributed by atoms with E-state index in [-0.39, 0.29) is 6.54 Å². The largest absolute Gasteiger partial charge is 0.476 e. The molecule has 2 heterocycles. The molecule has 2 rings (SSSR count). The van der Waals surface area contributed by atoms with Gasteiger partial charge in [0.05, 0.1) is 11.5 Å². The first-order valence-electron chi connectivity index (χ1n) is 4.84. The summed E-state index contributed by atoms with van der Waals surface area (Å²) in [7, 11) is 0. The maximum Gasteiger partial charge on any atom is 0.363 e. The van der Waals surface area contributed by atoms with Crippen molar-refractivity contribution in [2.24, 2.45) is 0 Å². The molecule has 2 aromatic heterocycles. The Labute approximate surface area is 99.8 Å². The van der Waals surface area contributed by atoms with Gasteiger partial charge < -0.3 is 9.63 Å². The van der Waals surface area contributed by atoms with Crippen molar-refractivity contribution >= 4 is 11.7 Å². The molecule has 0 aromatic carbocycles. The van der Waals surface area contributed by atoms with Crippen LogP contribution in [0.4, 0.5) is 5.69 Å². The number of aromatic carboxylic acids is 1. The lowest BCUT2D eigenvalue weighted by Gasteiger charge is -1.93. The lowest BCUT2D eigenvalue weighted by Crippen LogP contribution is -2.04. The Morgan fingerprint density at radius 3 is 2.83 bits per heavy atom. The number of hydrogen-bond acceptors (Lipinski definition) is 6. The summed E-state index contributed by atoms with van der Waals surface area (Å²) in [5, 5.41) is 26.8. The molecular formula is C9H8N4O5. The van der Waals surface area contributed by atoms with E-state index in [2.05, 4.69) is 10.3 Å². The van der Waals surface area contributed by atoms with Crippen LogP contribution in [0.3, 0.4) is 0 Å². The predicted molar refractivity (Wildman–Crippen MR) is 56.2 cm³/mol. The molecule has 2 aromatic rings. The molecular weight excluding hydrogens is 244 g/mol. The van der Waals surface area contributed by atoms with Gasteiger partial charge in [0.15, 0.2) is 0 Å². The van der Waals surface area contributed by atoms with Gasteiger partial charge in [-0.25, -0.2) is 4.79 Å². The molecule has 1 N–H and O–H groups in total. The van der Waals surface area contributed by atoms with Crippen molar-refractivity contribution < 1.29 is 19.3 Å². The third-order valence-corrected chi connectivity index (χ3v) is 2.14. The van der Waals surface area contributed by atoms with Gasteiger partial charge in [-0.15, -0.1) is 0 Å². The smallest absolute Gasteiger partial charge is 0.363 e. The van der Waals surface area contributed by atoms with Gasteiger partial charge in [-0.05, 0) is 6.92 Å². The van der Waals surface area contributed by atoms with Gasteiger partial charge in [-0.2, -0.15) is 5.10 Å². The lowest BCUT2D eigenvalue weighted by atomic mass is 10.4. The first kappa shape index (κ1) is 11.8. The van der Waals surface area contributed by atoms with Crippen molar-refractivity contribution in [2.45, 2.75) is 13.5 Å². The Hall–Kier alpha value is -2.71. The highest BCUT2D eigenvalue weighted by Gasteiger charge is 2.25. The van der Waals surface area contributed by atoms with E-state index in [1.807, 2.05) is 0 Å². The standard InChI is InChI=1S/C9H8N4O5/c1-5-2-6(11-18-5)3-12-4-7(13(16)17)8(10-12)9(14)15/h2,4H,3H2,1H3,(H,14,15). The first-order valence-corrected chi connectivity index (χ1v) is 4.84. The van der Waals surface area contributed by atoms with Crippen molar-refractivity contribution in [2.75, 3.05) is 0 Å². The zero-order valence-corrected chi connectivity index (χ0v) is 9.23. The molecule has 0 aliphatic rings. The van der Waals surface area contributed by atoms with Gasteiger partial charge >= 0.3 is 11.7 Å². The third kappa shape index (κ3) is 2.19. The van der Waals surface area contributed by atoms with E-state index < -0.39 is 22.3 Å². The van der Waals surface area contributed by atoms with Gasteiger partial charge in [0.2, 0.25) is 5.69 Å². The lowest BCUT2D eigenvalue weighted by molar-refractivity contribution is -0.385. The second kappa shape index (κ2) is 4.28. The van der Waals surface area contributed by atoms with Crippen LogP contribution >= 0.6 is 0 Å². The van der Waals surface area contributed by atoms with Gasteiger partial charge in [-0.1, -0.05) is 5.16 Å². The van der Waals surface area contributed by atoms with E-state index in [1.54, 1.807) is 13.0 Å². The number of aryl methyl sites for hydroxylation is 1. The highest BCUT2D eigenvalue weighted by molar-refractivity contribution is 5.89. The number of nitrogens with zero attached hydrogens (tertiary/aromatic N) is 4. The van der Waals surface area contributed by atoms with Crippen molar-refractivity contribution in [3.63, 3.8) is 0 Å². The van der Waals surface area contributed by atoms with E-state index in [0.717, 1.165) is 10.9 Å². The number of carbonyl (C=O) groups is 1. The molecule has 0 amide bonds. The Kier molecular flexibility index (Phi) is 2.80. The second-order valence-corrected chi connectivity index (χ2v) is 3.55. The fourth-order valence-electron chi connectivity index (χ4n) is 1.44. The number of hydrogen-bond donors (Lipinski definition) is 1. The Morgan fingerprint density at radius 1 is 1.67 bits per heavy atom. The molecule has 9 heteroatoms. The summed E-state index contributed by atoms with van der Waals surface area (Å²) < 4.78 is 5.97. The van der Waals surface area contributed by atoms with Crippen molar-refractivity contribution in [3.05, 3.63) is 39.5 Å². The maximum absolute atomic E-state index is 10.8. The van der Waals surface area contributed by atoms with E-state index in [4.69, 9.17) is 9.63 Å². The van der Waals surface area contributed by atoms with Crippen LogP contribution in [0.5, 0.6) is 0 Å². The Balaban J connectivity index is 2.32.